The maximum Gasteiger partial charge on any atom is 0.226 e. The molecule has 0 aromatic rings. The highest BCUT2D eigenvalue weighted by Gasteiger charge is 2.35. The van der Waals surface area contributed by atoms with Crippen molar-refractivity contribution in [3.05, 3.63) is 0 Å². The van der Waals surface area contributed by atoms with Gasteiger partial charge in [0.2, 0.25) is 11.8 Å². The Balaban J connectivity index is 1.92. The monoisotopic (exact) mass is 266 g/mol. The summed E-state index contributed by atoms with van der Waals surface area (Å²) in [5, 5.41) is 0. The highest BCUT2D eigenvalue weighted by Crippen LogP contribution is 2.28. The molecule has 108 valence electrons. The van der Waals surface area contributed by atoms with Gasteiger partial charge in [0.1, 0.15) is 0 Å². The molecular weight excluding hydrogens is 240 g/mol. The van der Waals surface area contributed by atoms with Crippen LogP contribution in [0, 0.1) is 11.8 Å². The first-order chi connectivity index (χ1) is 9.00. The third-order valence-electron chi connectivity index (χ3n) is 4.64. The van der Waals surface area contributed by atoms with Crippen LogP contribution in [0.1, 0.15) is 46.5 Å². The molecule has 2 amide bonds. The standard InChI is InChI=1S/C15H26N2O2/c1-11(2)14-5-4-8-17(14)15(19)13-6-9-16(10-7-13)12(3)18/h11,13-14H,4-10H2,1-3H3. The van der Waals surface area contributed by atoms with Gasteiger partial charge in [-0.1, -0.05) is 13.8 Å². The van der Waals surface area contributed by atoms with Crippen LogP contribution in [-0.4, -0.2) is 47.3 Å². The minimum absolute atomic E-state index is 0.132. The molecule has 0 N–H and O–H groups in total. The Labute approximate surface area is 116 Å². The fourth-order valence-corrected chi connectivity index (χ4v) is 3.44. The number of hydrogen-bond acceptors (Lipinski definition) is 2. The van der Waals surface area contributed by atoms with Gasteiger partial charge in [-0.15, -0.1) is 0 Å². The Morgan fingerprint density at radius 1 is 1.05 bits per heavy atom. The third-order valence-corrected chi connectivity index (χ3v) is 4.64. The zero-order chi connectivity index (χ0) is 14.0. The molecule has 0 bridgehead atoms. The molecule has 4 nitrogen and oxygen atoms in total. The molecule has 0 aliphatic carbocycles. The number of piperidine rings is 1. The molecule has 2 fully saturated rings. The molecule has 0 aromatic carbocycles. The summed E-state index contributed by atoms with van der Waals surface area (Å²) in [4.78, 5) is 27.9. The van der Waals surface area contributed by atoms with Gasteiger partial charge in [-0.05, 0) is 31.6 Å². The van der Waals surface area contributed by atoms with Crippen LogP contribution < -0.4 is 0 Å². The van der Waals surface area contributed by atoms with Crippen molar-refractivity contribution in [2.45, 2.75) is 52.5 Å². The van der Waals surface area contributed by atoms with E-state index < -0.39 is 0 Å². The van der Waals surface area contributed by atoms with Gasteiger partial charge >= 0.3 is 0 Å². The van der Waals surface area contributed by atoms with Crippen molar-refractivity contribution in [2.75, 3.05) is 19.6 Å². The van der Waals surface area contributed by atoms with Gasteiger partial charge in [-0.25, -0.2) is 0 Å². The normalized spacial score (nSPS) is 25.2. The largest absolute Gasteiger partial charge is 0.343 e. The second-order valence-electron chi connectivity index (χ2n) is 6.27. The smallest absolute Gasteiger partial charge is 0.226 e. The second-order valence-corrected chi connectivity index (χ2v) is 6.27. The van der Waals surface area contributed by atoms with Gasteiger partial charge in [0.15, 0.2) is 0 Å². The number of nitrogens with zero attached hydrogens (tertiary/aromatic N) is 2. The van der Waals surface area contributed by atoms with Crippen LogP contribution >= 0.6 is 0 Å². The van der Waals surface area contributed by atoms with Crippen molar-refractivity contribution < 1.29 is 9.59 Å². The van der Waals surface area contributed by atoms with Crippen LogP contribution in [0.15, 0.2) is 0 Å². The summed E-state index contributed by atoms with van der Waals surface area (Å²) >= 11 is 0. The van der Waals surface area contributed by atoms with Crippen molar-refractivity contribution in [2.24, 2.45) is 11.8 Å². The van der Waals surface area contributed by atoms with E-state index in [2.05, 4.69) is 18.7 Å². The van der Waals surface area contributed by atoms with E-state index in [4.69, 9.17) is 0 Å². The maximum absolute atomic E-state index is 12.6. The lowest BCUT2D eigenvalue weighted by Gasteiger charge is -2.35. The fourth-order valence-electron chi connectivity index (χ4n) is 3.44. The summed E-state index contributed by atoms with van der Waals surface area (Å²) in [5.74, 6) is 1.14. The molecule has 2 aliphatic rings. The van der Waals surface area contributed by atoms with Gasteiger partial charge in [0.25, 0.3) is 0 Å². The molecule has 2 aliphatic heterocycles. The average molecular weight is 266 g/mol. The van der Waals surface area contributed by atoms with E-state index in [9.17, 15) is 9.59 Å². The Morgan fingerprint density at radius 2 is 1.68 bits per heavy atom. The summed E-state index contributed by atoms with van der Waals surface area (Å²) in [6.07, 6.45) is 3.95. The van der Waals surface area contributed by atoms with E-state index in [0.717, 1.165) is 45.3 Å². The maximum atomic E-state index is 12.6. The molecule has 1 atom stereocenters. The van der Waals surface area contributed by atoms with E-state index in [1.54, 1.807) is 6.92 Å². The summed E-state index contributed by atoms with van der Waals surface area (Å²) in [6.45, 7) is 8.42. The molecule has 2 rings (SSSR count). The minimum atomic E-state index is 0.132. The Kier molecular flexibility index (Phi) is 4.48. The lowest BCUT2D eigenvalue weighted by atomic mass is 9.93. The first-order valence-corrected chi connectivity index (χ1v) is 7.56. The van der Waals surface area contributed by atoms with Crippen LogP contribution in [0.25, 0.3) is 0 Å². The molecule has 2 saturated heterocycles. The first kappa shape index (κ1) is 14.4. The highest BCUT2D eigenvalue weighted by molar-refractivity contribution is 5.80. The van der Waals surface area contributed by atoms with Gasteiger partial charge in [-0.2, -0.15) is 0 Å². The first-order valence-electron chi connectivity index (χ1n) is 7.56. The Bertz CT molecular complexity index is 346. The third kappa shape index (κ3) is 3.10. The van der Waals surface area contributed by atoms with Gasteiger partial charge < -0.3 is 9.80 Å². The molecule has 19 heavy (non-hydrogen) atoms. The van der Waals surface area contributed by atoms with Crippen LogP contribution in [0.4, 0.5) is 0 Å². The van der Waals surface area contributed by atoms with Crippen molar-refractivity contribution in [3.63, 3.8) is 0 Å². The number of carbonyl (C=O) groups excluding carboxylic acids is 2. The summed E-state index contributed by atoms with van der Waals surface area (Å²) in [6, 6.07) is 0.429. The molecule has 0 spiro atoms. The molecule has 0 radical (unpaired) electrons. The topological polar surface area (TPSA) is 40.6 Å². The van der Waals surface area contributed by atoms with Gasteiger partial charge in [-0.3, -0.25) is 9.59 Å². The lowest BCUT2D eigenvalue weighted by molar-refractivity contribution is -0.141. The zero-order valence-electron chi connectivity index (χ0n) is 12.4. The van der Waals surface area contributed by atoms with Crippen molar-refractivity contribution in [1.29, 1.82) is 0 Å². The molecule has 2 heterocycles. The molecular formula is C15H26N2O2. The van der Waals surface area contributed by atoms with Crippen LogP contribution in [0.5, 0.6) is 0 Å². The fraction of sp³-hybridized carbons (Fsp3) is 0.867. The minimum Gasteiger partial charge on any atom is -0.343 e. The van der Waals surface area contributed by atoms with Crippen molar-refractivity contribution in [1.82, 2.24) is 9.80 Å². The summed E-state index contributed by atoms with van der Waals surface area (Å²) in [7, 11) is 0. The van der Waals surface area contributed by atoms with E-state index in [-0.39, 0.29) is 11.8 Å². The summed E-state index contributed by atoms with van der Waals surface area (Å²) < 4.78 is 0. The number of amides is 2. The number of rotatable bonds is 2. The van der Waals surface area contributed by atoms with E-state index in [1.807, 2.05) is 4.90 Å². The second kappa shape index (κ2) is 5.93. The Hall–Kier alpha value is -1.06. The van der Waals surface area contributed by atoms with Crippen molar-refractivity contribution in [3.8, 4) is 0 Å². The highest BCUT2D eigenvalue weighted by atomic mass is 16.2. The van der Waals surface area contributed by atoms with E-state index >= 15 is 0 Å². The predicted molar refractivity (Wildman–Crippen MR) is 74.6 cm³/mol. The molecule has 0 aromatic heterocycles. The van der Waals surface area contributed by atoms with Crippen LogP contribution in [0.3, 0.4) is 0 Å². The number of carbonyl (C=O) groups is 2. The van der Waals surface area contributed by atoms with E-state index in [0.29, 0.717) is 17.9 Å². The van der Waals surface area contributed by atoms with Crippen LogP contribution in [0.2, 0.25) is 0 Å². The number of hydrogen-bond donors (Lipinski definition) is 0. The lowest BCUT2D eigenvalue weighted by Crippen LogP contribution is -2.46. The quantitative estimate of drug-likeness (QED) is 0.766. The Morgan fingerprint density at radius 3 is 2.21 bits per heavy atom. The molecule has 1 unspecified atom stereocenters. The summed E-state index contributed by atoms with van der Waals surface area (Å²) in [5.41, 5.74) is 0. The predicted octanol–water partition coefficient (Wildman–Crippen LogP) is 1.89. The molecule has 0 saturated carbocycles. The SMILES string of the molecule is CC(=O)N1CCC(C(=O)N2CCCC2C(C)C)CC1. The van der Waals surface area contributed by atoms with Gasteiger partial charge in [0.05, 0.1) is 0 Å². The van der Waals surface area contributed by atoms with E-state index in [1.165, 1.54) is 0 Å². The number of likely N-dealkylation sites (tertiary alicyclic amines) is 2. The van der Waals surface area contributed by atoms with Crippen molar-refractivity contribution >= 4 is 11.8 Å². The average Bonchev–Trinajstić information content (AvgIpc) is 2.87. The zero-order valence-corrected chi connectivity index (χ0v) is 12.4. The van der Waals surface area contributed by atoms with Crippen LogP contribution in [-0.2, 0) is 9.59 Å². The van der Waals surface area contributed by atoms with Gasteiger partial charge in [0, 0.05) is 38.5 Å². The molecule has 4 heteroatoms.